The Balaban J connectivity index is 1.62. The fraction of sp³-hybridized carbons (Fsp3) is 0.421. The zero-order valence-electron chi connectivity index (χ0n) is 13.8. The van der Waals surface area contributed by atoms with E-state index in [0.717, 1.165) is 54.5 Å². The summed E-state index contributed by atoms with van der Waals surface area (Å²) in [5, 5.41) is 4.09. The van der Waals surface area contributed by atoms with Crippen molar-refractivity contribution >= 4 is 28.0 Å². The fourth-order valence-electron chi connectivity index (χ4n) is 3.55. The van der Waals surface area contributed by atoms with E-state index in [-0.39, 0.29) is 17.9 Å². The van der Waals surface area contributed by atoms with Crippen molar-refractivity contribution in [3.63, 3.8) is 0 Å². The fourth-order valence-corrected chi connectivity index (χ4v) is 3.55. The predicted octanol–water partition coefficient (Wildman–Crippen LogP) is 3.30. The second-order valence-electron chi connectivity index (χ2n) is 6.86. The van der Waals surface area contributed by atoms with Crippen LogP contribution in [0.5, 0.6) is 5.88 Å². The van der Waals surface area contributed by atoms with Crippen LogP contribution in [0.2, 0.25) is 0 Å². The van der Waals surface area contributed by atoms with Gasteiger partial charge in [0.05, 0.1) is 0 Å². The average molecular weight is 337 g/mol. The summed E-state index contributed by atoms with van der Waals surface area (Å²) in [5.74, 6) is 1.06. The number of ether oxygens (including phenoxy) is 1. The number of hydrogen-bond donors (Lipinski definition) is 1. The van der Waals surface area contributed by atoms with E-state index < -0.39 is 0 Å². The number of carbonyl (C=O) groups excluding carboxylic acids is 1. The molecule has 0 radical (unpaired) electrons. The summed E-state index contributed by atoms with van der Waals surface area (Å²) < 4.78 is 11.6. The lowest BCUT2D eigenvalue weighted by atomic mass is 9.85. The number of nitrogens with one attached hydrogen (secondary N) is 1. The Bertz CT molecular complexity index is 955. The maximum absolute atomic E-state index is 12.5. The van der Waals surface area contributed by atoms with Crippen LogP contribution in [-0.2, 0) is 4.79 Å². The third kappa shape index (κ3) is 2.48. The predicted molar refractivity (Wildman–Crippen MR) is 92.6 cm³/mol. The highest BCUT2D eigenvalue weighted by atomic mass is 16.5. The standard InChI is InChI=1S/C19H19N3O3/c23-19(13-8-4-10-20-13)25-18-16-15(12-7-1-2-9-14(12)24-16)21-17(22-18)11-5-3-6-11/h1-2,7,9,11,13,20H,3-6,8,10H2/t13-/m0/s1. The SMILES string of the molecule is O=C(Oc1nc(C2CCC2)nc2c1oc1ccccc12)[C@@H]1CCCN1. The first kappa shape index (κ1) is 14.8. The molecule has 5 rings (SSSR count). The van der Waals surface area contributed by atoms with Gasteiger partial charge in [-0.05, 0) is 44.4 Å². The van der Waals surface area contributed by atoms with Gasteiger partial charge in [0.1, 0.15) is 23.0 Å². The Morgan fingerprint density at radius 3 is 2.80 bits per heavy atom. The minimum Gasteiger partial charge on any atom is -0.449 e. The monoisotopic (exact) mass is 337 g/mol. The molecule has 2 aromatic heterocycles. The zero-order chi connectivity index (χ0) is 16.8. The second kappa shape index (κ2) is 5.81. The molecule has 0 unspecified atom stereocenters. The number of para-hydroxylation sites is 1. The number of furan rings is 1. The summed E-state index contributed by atoms with van der Waals surface area (Å²) in [6.45, 7) is 0.844. The quantitative estimate of drug-likeness (QED) is 0.739. The van der Waals surface area contributed by atoms with Gasteiger partial charge in [0.2, 0.25) is 5.58 Å². The Morgan fingerprint density at radius 2 is 2.04 bits per heavy atom. The summed E-state index contributed by atoms with van der Waals surface area (Å²) in [4.78, 5) is 21.7. The largest absolute Gasteiger partial charge is 0.449 e. The van der Waals surface area contributed by atoms with Crippen LogP contribution >= 0.6 is 0 Å². The summed E-state index contributed by atoms with van der Waals surface area (Å²) in [5.41, 5.74) is 1.92. The van der Waals surface area contributed by atoms with Gasteiger partial charge in [0, 0.05) is 11.3 Å². The van der Waals surface area contributed by atoms with E-state index >= 15 is 0 Å². The first-order valence-electron chi connectivity index (χ1n) is 8.94. The molecule has 1 atom stereocenters. The number of nitrogens with zero attached hydrogens (tertiary/aromatic N) is 2. The molecule has 25 heavy (non-hydrogen) atoms. The number of esters is 1. The zero-order valence-corrected chi connectivity index (χ0v) is 13.8. The first-order valence-corrected chi connectivity index (χ1v) is 8.94. The lowest BCUT2D eigenvalue weighted by Crippen LogP contribution is -2.34. The maximum Gasteiger partial charge on any atom is 0.329 e. The minimum atomic E-state index is -0.294. The van der Waals surface area contributed by atoms with Crippen molar-refractivity contribution < 1.29 is 13.9 Å². The van der Waals surface area contributed by atoms with Gasteiger partial charge in [-0.3, -0.25) is 0 Å². The van der Waals surface area contributed by atoms with E-state index in [9.17, 15) is 4.79 Å². The van der Waals surface area contributed by atoms with E-state index in [2.05, 4.69) is 10.3 Å². The summed E-state index contributed by atoms with van der Waals surface area (Å²) in [7, 11) is 0. The van der Waals surface area contributed by atoms with Gasteiger partial charge in [0.15, 0.2) is 0 Å². The number of aromatic nitrogens is 2. The second-order valence-corrected chi connectivity index (χ2v) is 6.86. The molecule has 1 aromatic carbocycles. The molecule has 6 nitrogen and oxygen atoms in total. The number of rotatable bonds is 3. The van der Waals surface area contributed by atoms with Crippen LogP contribution in [-0.4, -0.2) is 28.5 Å². The van der Waals surface area contributed by atoms with Crippen molar-refractivity contribution in [3.8, 4) is 5.88 Å². The van der Waals surface area contributed by atoms with Crippen LogP contribution in [0.1, 0.15) is 43.8 Å². The number of carbonyl (C=O) groups is 1. The lowest BCUT2D eigenvalue weighted by molar-refractivity contribution is -0.136. The molecular formula is C19H19N3O3. The molecule has 1 aliphatic heterocycles. The van der Waals surface area contributed by atoms with Crippen LogP contribution in [0, 0.1) is 0 Å². The Labute approximate surface area is 144 Å². The molecule has 128 valence electrons. The third-order valence-corrected chi connectivity index (χ3v) is 5.22. The van der Waals surface area contributed by atoms with Crippen molar-refractivity contribution in [2.45, 2.75) is 44.1 Å². The van der Waals surface area contributed by atoms with Gasteiger partial charge >= 0.3 is 5.97 Å². The Morgan fingerprint density at radius 1 is 1.16 bits per heavy atom. The van der Waals surface area contributed by atoms with Crippen LogP contribution in [0.25, 0.3) is 22.1 Å². The molecule has 1 saturated carbocycles. The topological polar surface area (TPSA) is 77.2 Å². The number of benzene rings is 1. The molecule has 6 heteroatoms. The number of fused-ring (bicyclic) bond motifs is 3. The van der Waals surface area contributed by atoms with Crippen LogP contribution in [0.15, 0.2) is 28.7 Å². The molecule has 3 heterocycles. The summed E-state index contributed by atoms with van der Waals surface area (Å²) in [6.07, 6.45) is 5.14. The van der Waals surface area contributed by atoms with Gasteiger partial charge in [-0.2, -0.15) is 4.98 Å². The van der Waals surface area contributed by atoms with Crippen molar-refractivity contribution in [2.24, 2.45) is 0 Å². The van der Waals surface area contributed by atoms with E-state index in [4.69, 9.17) is 14.1 Å². The van der Waals surface area contributed by atoms with Gasteiger partial charge in [-0.1, -0.05) is 18.6 Å². The molecule has 3 aromatic rings. The van der Waals surface area contributed by atoms with Gasteiger partial charge < -0.3 is 14.5 Å². The van der Waals surface area contributed by atoms with Crippen LogP contribution in [0.4, 0.5) is 0 Å². The van der Waals surface area contributed by atoms with Crippen LogP contribution < -0.4 is 10.1 Å². The maximum atomic E-state index is 12.5. The lowest BCUT2D eigenvalue weighted by Gasteiger charge is -2.23. The van der Waals surface area contributed by atoms with Gasteiger partial charge in [-0.25, -0.2) is 9.78 Å². The first-order chi connectivity index (χ1) is 12.3. The molecule has 2 aliphatic rings. The molecule has 1 aliphatic carbocycles. The molecule has 0 spiro atoms. The van der Waals surface area contributed by atoms with Gasteiger partial charge in [-0.15, -0.1) is 0 Å². The molecular weight excluding hydrogens is 318 g/mol. The van der Waals surface area contributed by atoms with Crippen LogP contribution in [0.3, 0.4) is 0 Å². The highest BCUT2D eigenvalue weighted by molar-refractivity contribution is 6.04. The van der Waals surface area contributed by atoms with E-state index in [1.807, 2.05) is 24.3 Å². The Hall–Kier alpha value is -2.47. The molecule has 1 saturated heterocycles. The van der Waals surface area contributed by atoms with Crippen molar-refractivity contribution in [1.82, 2.24) is 15.3 Å². The molecule has 0 amide bonds. The average Bonchev–Trinajstić information content (AvgIpc) is 3.21. The minimum absolute atomic E-state index is 0.252. The highest BCUT2D eigenvalue weighted by Gasteiger charge is 2.29. The number of hydrogen-bond acceptors (Lipinski definition) is 6. The highest BCUT2D eigenvalue weighted by Crippen LogP contribution is 2.39. The van der Waals surface area contributed by atoms with E-state index in [1.54, 1.807) is 0 Å². The summed E-state index contributed by atoms with van der Waals surface area (Å²) in [6, 6.07) is 7.48. The molecule has 0 bridgehead atoms. The van der Waals surface area contributed by atoms with Gasteiger partial charge in [0.25, 0.3) is 5.88 Å². The summed E-state index contributed by atoms with van der Waals surface area (Å²) >= 11 is 0. The molecule has 2 fully saturated rings. The van der Waals surface area contributed by atoms with E-state index in [0.29, 0.717) is 11.5 Å². The Kier molecular flexibility index (Phi) is 3.45. The van der Waals surface area contributed by atoms with Crippen molar-refractivity contribution in [2.75, 3.05) is 6.54 Å². The van der Waals surface area contributed by atoms with E-state index in [1.165, 1.54) is 6.42 Å². The molecule has 1 N–H and O–H groups in total. The van der Waals surface area contributed by atoms with Crippen molar-refractivity contribution in [1.29, 1.82) is 0 Å². The smallest absolute Gasteiger partial charge is 0.329 e. The third-order valence-electron chi connectivity index (χ3n) is 5.22. The van der Waals surface area contributed by atoms with Crippen molar-refractivity contribution in [3.05, 3.63) is 30.1 Å². The normalized spacial score (nSPS) is 20.9.